The van der Waals surface area contributed by atoms with Crippen molar-refractivity contribution in [2.75, 3.05) is 6.54 Å². The van der Waals surface area contributed by atoms with Gasteiger partial charge in [-0.2, -0.15) is 0 Å². The normalized spacial score (nSPS) is 20.7. The summed E-state index contributed by atoms with van der Waals surface area (Å²) in [5.41, 5.74) is 15.5. The van der Waals surface area contributed by atoms with E-state index in [2.05, 4.69) is 16.7 Å². The molecule has 1 aliphatic heterocycles. The van der Waals surface area contributed by atoms with E-state index in [4.69, 9.17) is 11.5 Å². The van der Waals surface area contributed by atoms with Crippen molar-refractivity contribution in [3.05, 3.63) is 107 Å². The first-order valence-corrected chi connectivity index (χ1v) is 13.9. The number of hydrogen-bond acceptors (Lipinski definition) is 5. The number of nitrogens with one attached hydrogen (secondary N) is 2. The van der Waals surface area contributed by atoms with Crippen LogP contribution < -0.4 is 22.1 Å². The highest BCUT2D eigenvalue weighted by atomic mass is 16.2. The quantitative estimate of drug-likeness (QED) is 0.320. The van der Waals surface area contributed by atoms with Crippen molar-refractivity contribution in [2.24, 2.45) is 11.5 Å². The molecule has 5 rings (SSSR count). The molecule has 0 bridgehead atoms. The van der Waals surface area contributed by atoms with E-state index < -0.39 is 29.9 Å². The second-order valence-corrected chi connectivity index (χ2v) is 10.9. The van der Waals surface area contributed by atoms with Gasteiger partial charge in [0, 0.05) is 24.4 Å². The lowest BCUT2D eigenvalue weighted by Crippen LogP contribution is -2.67. The maximum atomic E-state index is 14.0. The fourth-order valence-corrected chi connectivity index (χ4v) is 5.80. The van der Waals surface area contributed by atoms with Gasteiger partial charge >= 0.3 is 0 Å². The summed E-state index contributed by atoms with van der Waals surface area (Å²) in [6.07, 6.45) is 1.78. The molecule has 1 saturated heterocycles. The third kappa shape index (κ3) is 6.00. The number of aryl methyl sites for hydroxylation is 1. The molecule has 3 aromatic carbocycles. The third-order valence-corrected chi connectivity index (χ3v) is 8.02. The van der Waals surface area contributed by atoms with Crippen molar-refractivity contribution < 1.29 is 19.2 Å². The molecule has 0 radical (unpaired) electrons. The molecule has 212 valence electrons. The number of primary amides is 1. The summed E-state index contributed by atoms with van der Waals surface area (Å²) in [6, 6.07) is 21.7. The van der Waals surface area contributed by atoms with Gasteiger partial charge in [-0.25, -0.2) is 0 Å². The summed E-state index contributed by atoms with van der Waals surface area (Å²) in [4.78, 5) is 53.8. The molecule has 0 spiro atoms. The van der Waals surface area contributed by atoms with E-state index in [0.29, 0.717) is 17.7 Å². The molecule has 0 aromatic heterocycles. The van der Waals surface area contributed by atoms with Gasteiger partial charge in [0.25, 0.3) is 0 Å². The molecule has 5 atom stereocenters. The van der Waals surface area contributed by atoms with Gasteiger partial charge in [0.2, 0.25) is 23.6 Å². The SMILES string of the molecule is CC(N)C(=O)NC(Cc1cccc(C(N)=O)c1)C(=O)N1CC(c2ccccc2)C1C(=O)NC1CCc2ccccc21. The summed E-state index contributed by atoms with van der Waals surface area (Å²) in [5.74, 6) is -1.89. The Morgan fingerprint density at radius 2 is 1.71 bits per heavy atom. The third-order valence-electron chi connectivity index (χ3n) is 8.02. The average Bonchev–Trinajstić information content (AvgIpc) is 3.35. The Morgan fingerprint density at radius 3 is 2.44 bits per heavy atom. The summed E-state index contributed by atoms with van der Waals surface area (Å²) in [7, 11) is 0. The predicted molar refractivity (Wildman–Crippen MR) is 155 cm³/mol. The van der Waals surface area contributed by atoms with Crippen molar-refractivity contribution in [1.82, 2.24) is 15.5 Å². The van der Waals surface area contributed by atoms with Gasteiger partial charge in [-0.1, -0.05) is 66.7 Å². The minimum absolute atomic E-state index is 0.106. The Balaban J connectivity index is 1.41. The highest BCUT2D eigenvalue weighted by Crippen LogP contribution is 2.37. The van der Waals surface area contributed by atoms with Gasteiger partial charge in [0.05, 0.1) is 12.1 Å². The van der Waals surface area contributed by atoms with Gasteiger partial charge in [-0.05, 0) is 54.2 Å². The van der Waals surface area contributed by atoms with Crippen molar-refractivity contribution in [3.8, 4) is 0 Å². The number of benzene rings is 3. The van der Waals surface area contributed by atoms with Crippen LogP contribution in [0.2, 0.25) is 0 Å². The zero-order chi connectivity index (χ0) is 29.1. The number of rotatable bonds is 9. The van der Waals surface area contributed by atoms with Gasteiger partial charge in [0.15, 0.2) is 0 Å². The molecule has 3 aromatic rings. The molecule has 0 saturated carbocycles. The van der Waals surface area contributed by atoms with E-state index in [1.807, 2.05) is 48.5 Å². The molecule has 6 N–H and O–H groups in total. The zero-order valence-corrected chi connectivity index (χ0v) is 23.0. The second-order valence-electron chi connectivity index (χ2n) is 10.9. The molecule has 2 aliphatic rings. The first kappa shape index (κ1) is 28.0. The molecule has 9 nitrogen and oxygen atoms in total. The van der Waals surface area contributed by atoms with E-state index in [0.717, 1.165) is 24.0 Å². The van der Waals surface area contributed by atoms with Crippen LogP contribution in [0.1, 0.15) is 57.9 Å². The number of nitrogens with zero attached hydrogens (tertiary/aromatic N) is 1. The van der Waals surface area contributed by atoms with Crippen LogP contribution in [0, 0.1) is 0 Å². The highest BCUT2D eigenvalue weighted by molar-refractivity contribution is 5.96. The first-order valence-electron chi connectivity index (χ1n) is 13.9. The van der Waals surface area contributed by atoms with Crippen LogP contribution >= 0.6 is 0 Å². The highest BCUT2D eigenvalue weighted by Gasteiger charge is 2.49. The molecule has 1 fully saturated rings. The number of carbonyl (C=O) groups is 4. The van der Waals surface area contributed by atoms with Crippen LogP contribution in [0.25, 0.3) is 0 Å². The number of likely N-dealkylation sites (tertiary alicyclic amines) is 1. The molecule has 1 aliphatic carbocycles. The largest absolute Gasteiger partial charge is 0.366 e. The minimum atomic E-state index is -0.990. The van der Waals surface area contributed by atoms with Gasteiger partial charge in [-0.15, -0.1) is 0 Å². The Hall–Kier alpha value is -4.50. The van der Waals surface area contributed by atoms with Gasteiger partial charge < -0.3 is 27.0 Å². The monoisotopic (exact) mass is 553 g/mol. The maximum Gasteiger partial charge on any atom is 0.248 e. The van der Waals surface area contributed by atoms with E-state index in [-0.39, 0.29) is 30.2 Å². The Labute approximate surface area is 239 Å². The molecule has 9 heteroatoms. The Bertz CT molecular complexity index is 1460. The van der Waals surface area contributed by atoms with Crippen molar-refractivity contribution in [2.45, 2.75) is 56.3 Å². The average molecular weight is 554 g/mol. The van der Waals surface area contributed by atoms with Crippen LogP contribution in [0.15, 0.2) is 78.9 Å². The summed E-state index contributed by atoms with van der Waals surface area (Å²) >= 11 is 0. The molecule has 5 unspecified atom stereocenters. The second kappa shape index (κ2) is 11.9. The molecule has 1 heterocycles. The molecule has 4 amide bonds. The maximum absolute atomic E-state index is 14.0. The lowest BCUT2D eigenvalue weighted by atomic mass is 9.81. The lowest BCUT2D eigenvalue weighted by Gasteiger charge is -2.48. The number of fused-ring (bicyclic) bond motifs is 1. The zero-order valence-electron chi connectivity index (χ0n) is 23.0. The van der Waals surface area contributed by atoms with Crippen molar-refractivity contribution >= 4 is 23.6 Å². The number of nitrogens with two attached hydrogens (primary N) is 2. The molecular formula is C32H35N5O4. The number of carbonyl (C=O) groups excluding carboxylic acids is 4. The number of hydrogen-bond donors (Lipinski definition) is 4. The number of amides is 4. The van der Waals surface area contributed by atoms with Crippen molar-refractivity contribution in [1.29, 1.82) is 0 Å². The molecule has 41 heavy (non-hydrogen) atoms. The summed E-state index contributed by atoms with van der Waals surface area (Å²) < 4.78 is 0. The van der Waals surface area contributed by atoms with E-state index >= 15 is 0 Å². The predicted octanol–water partition coefficient (Wildman–Crippen LogP) is 1.96. The van der Waals surface area contributed by atoms with Crippen molar-refractivity contribution in [3.63, 3.8) is 0 Å². The molecular weight excluding hydrogens is 518 g/mol. The van der Waals surface area contributed by atoms with Crippen LogP contribution in [0.3, 0.4) is 0 Å². The fraction of sp³-hybridized carbons (Fsp3) is 0.312. The van der Waals surface area contributed by atoms with E-state index in [1.54, 1.807) is 24.3 Å². The Morgan fingerprint density at radius 1 is 0.976 bits per heavy atom. The smallest absolute Gasteiger partial charge is 0.248 e. The van der Waals surface area contributed by atoms with E-state index in [9.17, 15) is 19.2 Å². The van der Waals surface area contributed by atoms with Crippen LogP contribution in [-0.4, -0.2) is 53.2 Å². The lowest BCUT2D eigenvalue weighted by molar-refractivity contribution is -0.152. The Kier molecular flexibility index (Phi) is 8.16. The fourth-order valence-electron chi connectivity index (χ4n) is 5.80. The standard InChI is InChI=1S/C32H35N5O4/c1-19(33)30(39)36-27(17-20-8-7-12-23(16-20)29(34)38)32(41)37-18-25(21-9-3-2-4-10-21)28(37)31(40)35-26-15-14-22-11-5-6-13-24(22)26/h2-13,16,19,25-28H,14-15,17-18,33H2,1H3,(H2,34,38)(H,35,40)(H,36,39). The minimum Gasteiger partial charge on any atom is -0.366 e. The summed E-state index contributed by atoms with van der Waals surface area (Å²) in [6.45, 7) is 1.86. The van der Waals surface area contributed by atoms with Gasteiger partial charge in [-0.3, -0.25) is 19.2 Å². The van der Waals surface area contributed by atoms with Crippen LogP contribution in [0.5, 0.6) is 0 Å². The summed E-state index contributed by atoms with van der Waals surface area (Å²) in [5, 5.41) is 5.96. The van der Waals surface area contributed by atoms with E-state index in [1.165, 1.54) is 17.4 Å². The van der Waals surface area contributed by atoms with Crippen LogP contribution in [-0.2, 0) is 27.2 Å². The topological polar surface area (TPSA) is 148 Å². The van der Waals surface area contributed by atoms with Gasteiger partial charge in [0.1, 0.15) is 12.1 Å². The van der Waals surface area contributed by atoms with Crippen LogP contribution in [0.4, 0.5) is 0 Å². The first-order chi connectivity index (χ1) is 19.7.